The summed E-state index contributed by atoms with van der Waals surface area (Å²) >= 11 is 5.53. The van der Waals surface area contributed by atoms with Crippen LogP contribution in [-0.2, 0) is 19.2 Å². The van der Waals surface area contributed by atoms with E-state index in [-0.39, 0.29) is 34.1 Å². The number of aromatic hydroxyl groups is 1. The molecule has 0 unspecified atom stereocenters. The average molecular weight is 804 g/mol. The highest BCUT2D eigenvalue weighted by atomic mass is 35.5. The molecule has 0 fully saturated rings. The Hall–Kier alpha value is -5.35. The number of halogens is 1. The smallest absolute Gasteiger partial charge is 0.386 e. The first kappa shape index (κ1) is 47.8. The first-order valence-corrected chi connectivity index (χ1v) is 19.1. The molecule has 0 aliphatic heterocycles. The van der Waals surface area contributed by atoms with Crippen molar-refractivity contribution in [2.45, 2.75) is 94.9 Å². The predicted molar refractivity (Wildman–Crippen MR) is 223 cm³/mol. The fraction of sp³-hybridized carbons (Fsp3) is 0.391. The van der Waals surface area contributed by atoms with Gasteiger partial charge in [0.25, 0.3) is 5.78 Å². The van der Waals surface area contributed by atoms with Gasteiger partial charge in [0.2, 0.25) is 5.24 Å². The lowest BCUT2D eigenvalue weighted by Crippen LogP contribution is -2.29. The lowest BCUT2D eigenvalue weighted by atomic mass is 9.88. The minimum Gasteiger partial charge on any atom is -0.504 e. The van der Waals surface area contributed by atoms with E-state index in [0.29, 0.717) is 37.2 Å². The van der Waals surface area contributed by atoms with Crippen molar-refractivity contribution < 1.29 is 48.1 Å². The van der Waals surface area contributed by atoms with Gasteiger partial charge in [-0.05, 0) is 151 Å². The summed E-state index contributed by atoms with van der Waals surface area (Å²) < 4.78 is 16.9. The number of phenolic OH excluding ortho intramolecular Hbond substituents is 1. The number of hydrogen-bond donors (Lipinski definition) is 1. The van der Waals surface area contributed by atoms with Crippen molar-refractivity contribution in [2.75, 3.05) is 13.2 Å². The molecule has 0 heterocycles. The monoisotopic (exact) mass is 803 g/mol. The van der Waals surface area contributed by atoms with E-state index in [1.165, 1.54) is 49.8 Å². The van der Waals surface area contributed by atoms with Crippen LogP contribution in [0.1, 0.15) is 99.8 Å². The molecule has 2 N–H and O–H groups in total. The Morgan fingerprint density at radius 1 is 0.702 bits per heavy atom. The van der Waals surface area contributed by atoms with Gasteiger partial charge in [-0.15, -0.1) is 0 Å². The molecule has 0 saturated heterocycles. The van der Waals surface area contributed by atoms with E-state index < -0.39 is 22.6 Å². The molecule has 0 atom stereocenters. The van der Waals surface area contributed by atoms with Crippen LogP contribution in [-0.4, -0.2) is 57.5 Å². The number of aryl methyl sites for hydroxylation is 4. The average Bonchev–Trinajstić information content (AvgIpc) is 3.13. The van der Waals surface area contributed by atoms with Crippen LogP contribution in [0.25, 0.3) is 0 Å². The highest BCUT2D eigenvalue weighted by Gasteiger charge is 2.30. The second-order valence-electron chi connectivity index (χ2n) is 15.4. The summed E-state index contributed by atoms with van der Waals surface area (Å²) in [6.45, 7) is 19.3. The molecular formula is C46H56ClO10+. The Bertz CT molecular complexity index is 2020. The maximum atomic E-state index is 12.6. The van der Waals surface area contributed by atoms with Crippen molar-refractivity contribution >= 4 is 45.9 Å². The topological polar surface area (TPSA) is 155 Å². The number of carbonyl (C=O) groups excluding carboxylic acids is 6. The highest BCUT2D eigenvalue weighted by Crippen LogP contribution is 2.32. The molecule has 0 bridgehead atoms. The van der Waals surface area contributed by atoms with Gasteiger partial charge < -0.3 is 19.3 Å². The second-order valence-corrected chi connectivity index (χ2v) is 15.7. The third kappa shape index (κ3) is 16.0. The van der Waals surface area contributed by atoms with Crippen molar-refractivity contribution in [1.82, 2.24) is 0 Å². The molecule has 1 aliphatic carbocycles. The third-order valence-corrected chi connectivity index (χ3v) is 9.63. The predicted octanol–water partition coefficient (Wildman–Crippen LogP) is 9.44. The molecule has 0 amide bonds. The number of Topliss-reactive ketones (excluding diaryl/α,β-unsaturated/α-hetero) is 2. The molecule has 3 aromatic carbocycles. The fourth-order valence-electron chi connectivity index (χ4n) is 5.10. The summed E-state index contributed by atoms with van der Waals surface area (Å²) in [5.74, 6) is -0.0497. The summed E-state index contributed by atoms with van der Waals surface area (Å²) in [6.07, 6.45) is 6.55. The number of ketones is 4. The number of hydrogen-bond acceptors (Lipinski definition) is 9. The van der Waals surface area contributed by atoms with Gasteiger partial charge in [0.15, 0.2) is 23.1 Å². The number of rotatable bonds is 15. The Morgan fingerprint density at radius 3 is 1.67 bits per heavy atom. The SMILES string of the molecule is CC(=O)C1=CC(=O)C(=[OH+])C=C1.CC(=O)c1ccc(O)c(OC(=O)C(C)(C)CCCOc2cc(C)ccc2C)c1.Cc1ccc(C)c(OCCCC(C)(C)C(=O)Cl)c1. The Balaban J connectivity index is 0.000000329. The van der Waals surface area contributed by atoms with Gasteiger partial charge in [0.05, 0.1) is 18.6 Å². The molecule has 0 spiro atoms. The number of benzene rings is 3. The van der Waals surface area contributed by atoms with Crippen LogP contribution < -0.4 is 14.2 Å². The van der Waals surface area contributed by atoms with E-state index in [4.69, 9.17) is 30.6 Å². The van der Waals surface area contributed by atoms with E-state index in [2.05, 4.69) is 12.1 Å². The molecule has 3 aromatic rings. The van der Waals surface area contributed by atoms with Crippen molar-refractivity contribution in [3.05, 3.63) is 106 Å². The zero-order valence-corrected chi connectivity index (χ0v) is 35.5. The van der Waals surface area contributed by atoms with Crippen LogP contribution in [0.15, 0.2) is 78.4 Å². The maximum absolute atomic E-state index is 12.6. The Labute approximate surface area is 341 Å². The molecule has 0 radical (unpaired) electrons. The van der Waals surface area contributed by atoms with Gasteiger partial charge in [-0.25, -0.2) is 0 Å². The van der Waals surface area contributed by atoms with Crippen LogP contribution in [0.4, 0.5) is 0 Å². The summed E-state index contributed by atoms with van der Waals surface area (Å²) in [4.78, 5) is 65.4. The van der Waals surface area contributed by atoms with Crippen molar-refractivity contribution in [3.63, 3.8) is 0 Å². The van der Waals surface area contributed by atoms with Crippen LogP contribution in [0.3, 0.4) is 0 Å². The van der Waals surface area contributed by atoms with Crippen molar-refractivity contribution in [3.8, 4) is 23.0 Å². The number of phenols is 1. The van der Waals surface area contributed by atoms with Gasteiger partial charge in [0.1, 0.15) is 11.5 Å². The lowest BCUT2D eigenvalue weighted by Gasteiger charge is -2.23. The molecule has 11 heteroatoms. The normalized spacial score (nSPS) is 12.3. The third-order valence-electron chi connectivity index (χ3n) is 9.11. The summed E-state index contributed by atoms with van der Waals surface area (Å²) in [5.41, 5.74) is 4.01. The second kappa shape index (κ2) is 21.8. The number of ether oxygens (including phenoxy) is 3. The standard InChI is InChI=1S/C23H28O5.C15H21ClO2.C8H6O3/c1-15-7-8-16(2)20(13-15)27-12-6-11-23(4,5)22(26)28-21-14-18(17(3)24)9-10-19(21)25;1-11-6-7-12(2)13(10-11)18-9-5-8-15(3,4)14(16)17;1-5(9)6-2-3-7(10)8(11)4-6/h7-10,13-14,25H,6,11-12H2,1-5H3;6-7,10H,5,8-9H2,1-4H3;2-4H,1H3/p+1. The molecule has 0 saturated carbocycles. The van der Waals surface area contributed by atoms with E-state index in [0.717, 1.165) is 47.1 Å². The largest absolute Gasteiger partial charge is 0.504 e. The number of allylic oxidation sites excluding steroid dienone is 4. The van der Waals surface area contributed by atoms with Crippen LogP contribution in [0.2, 0.25) is 0 Å². The molecule has 4 rings (SSSR count). The van der Waals surface area contributed by atoms with Gasteiger partial charge in [-0.3, -0.25) is 28.8 Å². The molecule has 306 valence electrons. The maximum Gasteiger partial charge on any atom is 0.386 e. The molecule has 57 heavy (non-hydrogen) atoms. The van der Waals surface area contributed by atoms with Gasteiger partial charge in [-0.2, -0.15) is 0 Å². The first-order valence-electron chi connectivity index (χ1n) is 18.7. The minimum absolute atomic E-state index is 0.00240. The lowest BCUT2D eigenvalue weighted by molar-refractivity contribution is -0.144. The van der Waals surface area contributed by atoms with Crippen molar-refractivity contribution in [2.24, 2.45) is 10.8 Å². The van der Waals surface area contributed by atoms with Crippen molar-refractivity contribution in [1.29, 1.82) is 0 Å². The first-order chi connectivity index (χ1) is 26.5. The van der Waals surface area contributed by atoms with Crippen LogP contribution in [0, 0.1) is 38.5 Å². The molecule has 1 aliphatic rings. The Kier molecular flexibility index (Phi) is 18.3. The van der Waals surface area contributed by atoms with Gasteiger partial charge in [-0.1, -0.05) is 38.1 Å². The Morgan fingerprint density at radius 2 is 1.21 bits per heavy atom. The quantitative estimate of drug-likeness (QED) is 0.0231. The van der Waals surface area contributed by atoms with Gasteiger partial charge in [0, 0.05) is 28.7 Å². The number of esters is 1. The number of carbonyl (C=O) groups is 5. The van der Waals surface area contributed by atoms with E-state index in [1.807, 2.05) is 65.8 Å². The van der Waals surface area contributed by atoms with Gasteiger partial charge >= 0.3 is 11.8 Å². The molecule has 0 aromatic heterocycles. The van der Waals surface area contributed by atoms with Crippen LogP contribution >= 0.6 is 11.6 Å². The summed E-state index contributed by atoms with van der Waals surface area (Å²) in [7, 11) is 0. The zero-order valence-electron chi connectivity index (χ0n) is 34.7. The van der Waals surface area contributed by atoms with E-state index in [9.17, 15) is 29.1 Å². The van der Waals surface area contributed by atoms with E-state index in [1.54, 1.807) is 13.8 Å². The summed E-state index contributed by atoms with van der Waals surface area (Å²) in [5, 5.41) is 9.63. The van der Waals surface area contributed by atoms with Crippen LogP contribution in [0.5, 0.6) is 23.0 Å². The molecule has 10 nitrogen and oxygen atoms in total. The fourth-order valence-corrected chi connectivity index (χ4v) is 5.20. The minimum atomic E-state index is -0.760. The molecular weight excluding hydrogens is 748 g/mol. The highest BCUT2D eigenvalue weighted by molar-refractivity contribution is 6.64. The summed E-state index contributed by atoms with van der Waals surface area (Å²) in [6, 6.07) is 16.4. The zero-order chi connectivity index (χ0) is 43.1. The van der Waals surface area contributed by atoms with E-state index >= 15 is 0 Å².